The molecular weight excluding hydrogens is 536 g/mol. The molecule has 1 unspecified atom stereocenters. The van der Waals surface area contributed by atoms with E-state index in [-0.39, 0.29) is 53.7 Å². The summed E-state index contributed by atoms with van der Waals surface area (Å²) in [6.07, 6.45) is -0.323. The third-order valence-corrected chi connectivity index (χ3v) is 7.12. The zero-order chi connectivity index (χ0) is 27.7. The van der Waals surface area contributed by atoms with E-state index in [1.807, 2.05) is 24.0 Å². The van der Waals surface area contributed by atoms with Crippen molar-refractivity contribution in [1.82, 2.24) is 15.0 Å². The number of nitrogens with zero attached hydrogens (tertiary/aromatic N) is 4. The van der Waals surface area contributed by atoms with Gasteiger partial charge in [-0.3, -0.25) is 4.79 Å². The van der Waals surface area contributed by atoms with E-state index >= 15 is 0 Å². The van der Waals surface area contributed by atoms with Gasteiger partial charge in [0.1, 0.15) is 11.6 Å². The molecule has 0 radical (unpaired) electrons. The van der Waals surface area contributed by atoms with Gasteiger partial charge in [-0.25, -0.2) is 0 Å². The summed E-state index contributed by atoms with van der Waals surface area (Å²) in [6.45, 7) is 3.00. The van der Waals surface area contributed by atoms with Crippen LogP contribution in [-0.4, -0.2) is 73.6 Å². The van der Waals surface area contributed by atoms with Crippen molar-refractivity contribution in [2.45, 2.75) is 56.4 Å². The van der Waals surface area contributed by atoms with Gasteiger partial charge >= 0.3 is 0 Å². The number of carbonyl (C=O) groups excluding carboxylic acids is 1. The number of rotatable bonds is 6. The Hall–Kier alpha value is -3.55. The van der Waals surface area contributed by atoms with Crippen molar-refractivity contribution in [2.24, 2.45) is 11.5 Å². The lowest BCUT2D eigenvalue weighted by Crippen LogP contribution is -2.53. The topological polar surface area (TPSA) is 196 Å². The quantitative estimate of drug-likeness (QED) is 0.213. The Bertz CT molecular complexity index is 1320. The second-order valence-corrected chi connectivity index (χ2v) is 10.5. The number of phenols is 1. The van der Waals surface area contributed by atoms with Crippen molar-refractivity contribution < 1.29 is 20.1 Å². The van der Waals surface area contributed by atoms with Crippen LogP contribution in [0.25, 0.3) is 0 Å². The molecule has 0 bridgehead atoms. The normalized spacial score (nSPS) is 24.3. The third kappa shape index (κ3) is 6.77. The van der Waals surface area contributed by atoms with Crippen LogP contribution in [0.5, 0.6) is 5.75 Å². The maximum atomic E-state index is 12.6. The van der Waals surface area contributed by atoms with Crippen molar-refractivity contribution in [3.05, 3.63) is 59.4 Å². The van der Waals surface area contributed by atoms with Crippen LogP contribution in [0.3, 0.4) is 0 Å². The van der Waals surface area contributed by atoms with E-state index in [0.29, 0.717) is 55.4 Å². The van der Waals surface area contributed by atoms with Crippen LogP contribution in [0.15, 0.2) is 42.5 Å². The molecule has 214 valence electrons. The molecule has 2 aromatic carbocycles. The first-order chi connectivity index (χ1) is 18.6. The molecule has 5 rings (SSSR count). The van der Waals surface area contributed by atoms with E-state index < -0.39 is 12.2 Å². The van der Waals surface area contributed by atoms with E-state index in [1.165, 1.54) is 6.07 Å². The number of nitrogens with one attached hydrogen (secondary N) is 2. The van der Waals surface area contributed by atoms with Gasteiger partial charge in [0.15, 0.2) is 0 Å². The van der Waals surface area contributed by atoms with E-state index in [2.05, 4.69) is 25.6 Å². The molecule has 5 atom stereocenters. The highest BCUT2D eigenvalue weighted by Gasteiger charge is 2.35. The van der Waals surface area contributed by atoms with Crippen molar-refractivity contribution in [3.8, 4) is 5.75 Å². The average molecular weight is 571 g/mol. The third-order valence-electron chi connectivity index (χ3n) is 7.12. The minimum absolute atomic E-state index is 0. The van der Waals surface area contributed by atoms with E-state index in [9.17, 15) is 20.1 Å². The Balaban J connectivity index is 0.00000370. The fourth-order valence-electron chi connectivity index (χ4n) is 5.05. The van der Waals surface area contributed by atoms with Gasteiger partial charge in [-0.05, 0) is 50.5 Å². The summed E-state index contributed by atoms with van der Waals surface area (Å²) < 4.78 is 0. The van der Waals surface area contributed by atoms with Gasteiger partial charge in [0.2, 0.25) is 11.9 Å². The molecule has 9 N–H and O–H groups in total. The Labute approximate surface area is 238 Å². The Morgan fingerprint density at radius 2 is 1.60 bits per heavy atom. The molecule has 2 heterocycles. The molecule has 3 aromatic rings. The highest BCUT2D eigenvalue weighted by atomic mass is 35.5. The minimum atomic E-state index is -0.844. The van der Waals surface area contributed by atoms with E-state index in [1.54, 1.807) is 24.3 Å². The summed E-state index contributed by atoms with van der Waals surface area (Å²) >= 11 is 0. The molecule has 13 heteroatoms. The number of aliphatic hydroxyl groups is 2. The van der Waals surface area contributed by atoms with Crippen molar-refractivity contribution in [1.29, 1.82) is 0 Å². The first-order valence-corrected chi connectivity index (χ1v) is 13.0. The number of aromatic nitrogens is 3. The van der Waals surface area contributed by atoms with Crippen LogP contribution >= 0.6 is 12.4 Å². The average Bonchev–Trinajstić information content (AvgIpc) is 3.23. The summed E-state index contributed by atoms with van der Waals surface area (Å²) in [7, 11) is 0. The molecule has 1 saturated heterocycles. The fourth-order valence-corrected chi connectivity index (χ4v) is 5.05. The molecule has 1 aliphatic heterocycles. The monoisotopic (exact) mass is 570 g/mol. The van der Waals surface area contributed by atoms with Crippen LogP contribution in [0.2, 0.25) is 0 Å². The number of phenolic OH excluding ortho intramolecular Hbond substituents is 1. The van der Waals surface area contributed by atoms with Crippen molar-refractivity contribution >= 4 is 41.6 Å². The lowest BCUT2D eigenvalue weighted by atomic mass is 10.0. The number of carbonyl (C=O) groups is 1. The zero-order valence-corrected chi connectivity index (χ0v) is 22.9. The summed E-state index contributed by atoms with van der Waals surface area (Å²) in [5, 5.41) is 36.6. The molecule has 1 aliphatic carbocycles. The second-order valence-electron chi connectivity index (χ2n) is 10.5. The number of aliphatic hydroxyl groups excluding tert-OH is 2. The largest absolute Gasteiger partial charge is 0.506 e. The molecule has 2 aliphatic rings. The first-order valence-electron chi connectivity index (χ1n) is 13.0. The predicted molar refractivity (Wildman–Crippen MR) is 154 cm³/mol. The first kappa shape index (κ1) is 29.4. The summed E-state index contributed by atoms with van der Waals surface area (Å²) in [5.74, 6) is 0.348. The zero-order valence-electron chi connectivity index (χ0n) is 22.1. The number of aromatic hydroxyl groups is 1. The number of halogens is 1. The summed E-state index contributed by atoms with van der Waals surface area (Å²) in [4.78, 5) is 28.3. The molecular formula is C27H35ClN8O4. The number of anilines is 4. The fraction of sp³-hybridized carbons (Fsp3) is 0.407. The maximum Gasteiger partial charge on any atom is 0.255 e. The van der Waals surface area contributed by atoms with Crippen LogP contribution in [0, 0.1) is 6.92 Å². The lowest BCUT2D eigenvalue weighted by Gasteiger charge is -2.34. The molecule has 1 aromatic heterocycles. The Morgan fingerprint density at radius 3 is 2.23 bits per heavy atom. The van der Waals surface area contributed by atoms with Crippen LogP contribution in [0.4, 0.5) is 23.3 Å². The van der Waals surface area contributed by atoms with Gasteiger partial charge in [-0.1, -0.05) is 17.7 Å². The highest BCUT2D eigenvalue weighted by molar-refractivity contribution is 6.05. The van der Waals surface area contributed by atoms with Gasteiger partial charge in [0.25, 0.3) is 5.91 Å². The van der Waals surface area contributed by atoms with Crippen LogP contribution in [0.1, 0.15) is 46.9 Å². The Kier molecular flexibility index (Phi) is 9.06. The van der Waals surface area contributed by atoms with Crippen molar-refractivity contribution in [3.63, 3.8) is 0 Å². The van der Waals surface area contributed by atoms with E-state index in [4.69, 9.17) is 11.5 Å². The smallest absolute Gasteiger partial charge is 0.255 e. The number of hydrogen-bond donors (Lipinski definition) is 7. The van der Waals surface area contributed by atoms with Gasteiger partial charge in [0, 0.05) is 48.4 Å². The Morgan fingerprint density at radius 1 is 0.950 bits per heavy atom. The SMILES string of the molecule is Cc1ccc(C(=O)Nc2ccc(Nc3nc(C4C[C@@H](O)[C@@H](O)C4)nc(N4C[C@H](N)C[C@H](N)C4)n3)cc2O)cc1.Cl. The van der Waals surface area contributed by atoms with Gasteiger partial charge in [0.05, 0.1) is 17.9 Å². The minimum Gasteiger partial charge on any atom is -0.506 e. The van der Waals surface area contributed by atoms with Crippen molar-refractivity contribution in [2.75, 3.05) is 28.6 Å². The van der Waals surface area contributed by atoms with Gasteiger partial charge in [-0.2, -0.15) is 15.0 Å². The van der Waals surface area contributed by atoms with Gasteiger partial charge in [-0.15, -0.1) is 12.4 Å². The number of nitrogens with two attached hydrogens (primary N) is 2. The highest BCUT2D eigenvalue weighted by Crippen LogP contribution is 2.35. The molecule has 1 saturated carbocycles. The predicted octanol–water partition coefficient (Wildman–Crippen LogP) is 1.77. The van der Waals surface area contributed by atoms with E-state index in [0.717, 1.165) is 5.56 Å². The molecule has 0 spiro atoms. The van der Waals surface area contributed by atoms with Crippen LogP contribution < -0.4 is 27.0 Å². The molecule has 40 heavy (non-hydrogen) atoms. The maximum absolute atomic E-state index is 12.6. The number of amides is 1. The number of hydrogen-bond acceptors (Lipinski definition) is 11. The molecule has 12 nitrogen and oxygen atoms in total. The molecule has 1 amide bonds. The standard InChI is InChI=1S/C27H34N8O4.ClH/c1-14-2-4-15(5-3-14)25(39)31-20-7-6-19(11-21(20)36)30-26-32-24(16-8-22(37)23(38)9-16)33-27(34-26)35-12-17(28)10-18(29)13-35;/h2-7,11,16-18,22-23,36-38H,8-10,12-13,28-29H2,1H3,(H,31,39)(H,30,32,33,34);1H/t16?,17-,18+,22-,23+;. The van der Waals surface area contributed by atoms with Gasteiger partial charge < -0.3 is 42.3 Å². The lowest BCUT2D eigenvalue weighted by molar-refractivity contribution is 0.0438. The second kappa shape index (κ2) is 12.3. The van der Waals surface area contributed by atoms with Crippen LogP contribution in [-0.2, 0) is 0 Å². The summed E-state index contributed by atoms with van der Waals surface area (Å²) in [5.41, 5.74) is 14.6. The molecule has 2 fully saturated rings. The number of benzene rings is 2. The summed E-state index contributed by atoms with van der Waals surface area (Å²) in [6, 6.07) is 11.6. The number of aryl methyl sites for hydroxylation is 1. The number of piperidine rings is 1.